The predicted octanol–water partition coefficient (Wildman–Crippen LogP) is -0.0129. The Labute approximate surface area is 78.1 Å². The van der Waals surface area contributed by atoms with E-state index in [-0.39, 0.29) is 0 Å². The Bertz CT molecular complexity index is 203. The smallest absolute Gasteiger partial charge is 0.271 e. The van der Waals surface area contributed by atoms with Gasteiger partial charge in [0.25, 0.3) is 0 Å². The van der Waals surface area contributed by atoms with Gasteiger partial charge in [0.15, 0.2) is 0 Å². The van der Waals surface area contributed by atoms with Crippen molar-refractivity contribution in [3.05, 3.63) is 0 Å². The molecule has 0 unspecified atom stereocenters. The molecule has 0 saturated heterocycles. The second kappa shape index (κ2) is 6.28. The Morgan fingerprint density at radius 2 is 1.69 bits per heavy atom. The Kier molecular flexibility index (Phi) is 6.17. The first-order chi connectivity index (χ1) is 5.93. The summed E-state index contributed by atoms with van der Waals surface area (Å²) in [5, 5.41) is 0. The fraction of sp³-hybridized carbons (Fsp3) is 1.00. The molecule has 0 heterocycles. The van der Waals surface area contributed by atoms with Crippen molar-refractivity contribution in [1.29, 1.82) is 0 Å². The first-order valence-corrected chi connectivity index (χ1v) is 5.46. The lowest BCUT2D eigenvalue weighted by atomic mass is 10.1. The van der Waals surface area contributed by atoms with Crippen LogP contribution in [0.5, 0.6) is 0 Å². The molecule has 0 aromatic heterocycles. The summed E-state index contributed by atoms with van der Waals surface area (Å²) in [5.74, 6) is 6.03. The molecule has 1 saturated carbocycles. The van der Waals surface area contributed by atoms with E-state index in [0.717, 1.165) is 12.5 Å². The van der Waals surface area contributed by atoms with Crippen molar-refractivity contribution in [2.24, 2.45) is 11.8 Å². The van der Waals surface area contributed by atoms with Crippen LogP contribution >= 0.6 is 0 Å². The standard InChI is InChI=1S/C6H14N2.H2O4S/c7-8-5-6-3-1-2-4-6;1-5(2,3)4/h6,8H,1-5,7H2;(H2,1,2,3,4). The molecule has 0 radical (unpaired) electrons. The molecule has 1 rings (SSSR count). The Hall–Kier alpha value is -0.210. The van der Waals surface area contributed by atoms with Crippen LogP contribution in [0.1, 0.15) is 25.7 Å². The van der Waals surface area contributed by atoms with E-state index < -0.39 is 10.4 Å². The van der Waals surface area contributed by atoms with Gasteiger partial charge in [-0.2, -0.15) is 8.42 Å². The van der Waals surface area contributed by atoms with Crippen LogP contribution in [0.15, 0.2) is 0 Å². The molecule has 0 atom stereocenters. The van der Waals surface area contributed by atoms with Crippen molar-refractivity contribution in [1.82, 2.24) is 5.43 Å². The highest BCUT2D eigenvalue weighted by molar-refractivity contribution is 7.79. The van der Waals surface area contributed by atoms with Crippen LogP contribution in [-0.4, -0.2) is 24.1 Å². The SMILES string of the molecule is NNCC1CCCC1.O=S(=O)(O)O. The van der Waals surface area contributed by atoms with Crippen LogP contribution in [-0.2, 0) is 10.4 Å². The van der Waals surface area contributed by atoms with Crippen molar-refractivity contribution in [2.75, 3.05) is 6.54 Å². The quantitative estimate of drug-likeness (QED) is 0.291. The second-order valence-corrected chi connectivity index (χ2v) is 3.90. The number of nitrogens with one attached hydrogen (secondary N) is 1. The number of hydrazine groups is 1. The topological polar surface area (TPSA) is 113 Å². The average molecular weight is 212 g/mol. The number of hydrogen-bond donors (Lipinski definition) is 4. The third-order valence-corrected chi connectivity index (χ3v) is 1.88. The summed E-state index contributed by atoms with van der Waals surface area (Å²) >= 11 is 0. The second-order valence-electron chi connectivity index (χ2n) is 3.01. The van der Waals surface area contributed by atoms with Gasteiger partial charge >= 0.3 is 10.4 Å². The Morgan fingerprint density at radius 1 is 1.31 bits per heavy atom. The van der Waals surface area contributed by atoms with Gasteiger partial charge in [0.1, 0.15) is 0 Å². The highest BCUT2D eigenvalue weighted by Crippen LogP contribution is 2.23. The van der Waals surface area contributed by atoms with E-state index in [1.54, 1.807) is 0 Å². The Morgan fingerprint density at radius 3 is 2.00 bits per heavy atom. The summed E-state index contributed by atoms with van der Waals surface area (Å²) in [5.41, 5.74) is 2.71. The maximum absolute atomic E-state index is 8.74. The normalized spacial score (nSPS) is 18.1. The van der Waals surface area contributed by atoms with E-state index in [4.69, 9.17) is 23.4 Å². The van der Waals surface area contributed by atoms with Gasteiger partial charge in [0.05, 0.1) is 0 Å². The molecular weight excluding hydrogens is 196 g/mol. The molecule has 1 aliphatic carbocycles. The fourth-order valence-corrected chi connectivity index (χ4v) is 1.38. The van der Waals surface area contributed by atoms with Crippen molar-refractivity contribution in [2.45, 2.75) is 25.7 Å². The lowest BCUT2D eigenvalue weighted by Gasteiger charge is -2.04. The zero-order chi connectivity index (χ0) is 10.3. The Balaban J connectivity index is 0.000000252. The van der Waals surface area contributed by atoms with Crippen LogP contribution in [0.3, 0.4) is 0 Å². The first-order valence-electron chi connectivity index (χ1n) is 4.07. The average Bonchev–Trinajstić information content (AvgIpc) is 2.36. The molecule has 0 aromatic rings. The third kappa shape index (κ3) is 11.8. The molecule has 6 nitrogen and oxygen atoms in total. The van der Waals surface area contributed by atoms with Gasteiger partial charge in [-0.15, -0.1) is 0 Å². The van der Waals surface area contributed by atoms with E-state index in [1.807, 2.05) is 0 Å². The molecule has 0 amide bonds. The van der Waals surface area contributed by atoms with Crippen molar-refractivity contribution in [3.63, 3.8) is 0 Å². The molecule has 0 bridgehead atoms. The van der Waals surface area contributed by atoms with Crippen LogP contribution in [0.4, 0.5) is 0 Å². The van der Waals surface area contributed by atoms with Crippen molar-refractivity contribution < 1.29 is 17.5 Å². The predicted molar refractivity (Wildman–Crippen MR) is 48.3 cm³/mol. The monoisotopic (exact) mass is 212 g/mol. The van der Waals surface area contributed by atoms with E-state index >= 15 is 0 Å². The van der Waals surface area contributed by atoms with Gasteiger partial charge in [-0.1, -0.05) is 12.8 Å². The van der Waals surface area contributed by atoms with Gasteiger partial charge in [-0.05, 0) is 18.8 Å². The van der Waals surface area contributed by atoms with Crippen LogP contribution in [0.25, 0.3) is 0 Å². The summed E-state index contributed by atoms with van der Waals surface area (Å²) in [4.78, 5) is 0. The third-order valence-electron chi connectivity index (χ3n) is 1.88. The number of nitrogens with two attached hydrogens (primary N) is 1. The first kappa shape index (κ1) is 12.8. The molecule has 13 heavy (non-hydrogen) atoms. The fourth-order valence-electron chi connectivity index (χ4n) is 1.38. The minimum Gasteiger partial charge on any atom is -0.271 e. The van der Waals surface area contributed by atoms with Gasteiger partial charge in [-0.3, -0.25) is 20.4 Å². The highest BCUT2D eigenvalue weighted by atomic mass is 32.3. The maximum atomic E-state index is 8.74. The van der Waals surface area contributed by atoms with E-state index in [2.05, 4.69) is 5.43 Å². The molecule has 0 aliphatic heterocycles. The minimum atomic E-state index is -4.67. The molecule has 0 aromatic carbocycles. The highest BCUT2D eigenvalue weighted by Gasteiger charge is 2.12. The lowest BCUT2D eigenvalue weighted by Crippen LogP contribution is -2.27. The van der Waals surface area contributed by atoms with Crippen LogP contribution < -0.4 is 11.3 Å². The summed E-state index contributed by atoms with van der Waals surface area (Å²) in [6.07, 6.45) is 5.58. The van der Waals surface area contributed by atoms with Gasteiger partial charge in [0, 0.05) is 6.54 Å². The van der Waals surface area contributed by atoms with Gasteiger partial charge in [-0.25, -0.2) is 0 Å². The molecular formula is C6H16N2O4S. The zero-order valence-corrected chi connectivity index (χ0v) is 8.13. The summed E-state index contributed by atoms with van der Waals surface area (Å²) in [7, 11) is -4.67. The molecule has 0 spiro atoms. The zero-order valence-electron chi connectivity index (χ0n) is 7.31. The largest absolute Gasteiger partial charge is 0.394 e. The van der Waals surface area contributed by atoms with E-state index in [1.165, 1.54) is 25.7 Å². The summed E-state index contributed by atoms with van der Waals surface area (Å²) < 4.78 is 31.6. The van der Waals surface area contributed by atoms with Crippen molar-refractivity contribution in [3.8, 4) is 0 Å². The molecule has 1 aliphatic rings. The van der Waals surface area contributed by atoms with Gasteiger partial charge < -0.3 is 0 Å². The molecule has 80 valence electrons. The van der Waals surface area contributed by atoms with Crippen LogP contribution in [0, 0.1) is 5.92 Å². The number of hydrogen-bond acceptors (Lipinski definition) is 4. The number of rotatable bonds is 2. The van der Waals surface area contributed by atoms with Crippen LogP contribution in [0.2, 0.25) is 0 Å². The van der Waals surface area contributed by atoms with E-state index in [0.29, 0.717) is 0 Å². The molecule has 5 N–H and O–H groups in total. The summed E-state index contributed by atoms with van der Waals surface area (Å²) in [6.45, 7) is 1.01. The minimum absolute atomic E-state index is 0.875. The summed E-state index contributed by atoms with van der Waals surface area (Å²) in [6, 6.07) is 0. The maximum Gasteiger partial charge on any atom is 0.394 e. The molecule has 7 heteroatoms. The van der Waals surface area contributed by atoms with Crippen molar-refractivity contribution >= 4 is 10.4 Å². The lowest BCUT2D eigenvalue weighted by molar-refractivity contribution is 0.381. The van der Waals surface area contributed by atoms with Gasteiger partial charge in [0.2, 0.25) is 0 Å². The van der Waals surface area contributed by atoms with E-state index in [9.17, 15) is 0 Å². The molecule has 1 fully saturated rings.